The Bertz CT molecular complexity index is 1720. The molecule has 0 spiro atoms. The quantitative estimate of drug-likeness (QED) is 0.160. The molecule has 0 saturated carbocycles. The van der Waals surface area contributed by atoms with E-state index in [0.29, 0.717) is 27.2 Å². The number of hydrogen-bond acceptors (Lipinski definition) is 4. The van der Waals surface area contributed by atoms with Crippen molar-refractivity contribution in [2.24, 2.45) is 0 Å². The molecule has 2 amide bonds. The summed E-state index contributed by atoms with van der Waals surface area (Å²) in [6, 6.07) is 28.8. The number of rotatable bonds is 13. The van der Waals surface area contributed by atoms with Gasteiger partial charge < -0.3 is 10.2 Å². The van der Waals surface area contributed by atoms with Crippen molar-refractivity contribution in [1.29, 1.82) is 0 Å². The molecule has 0 bridgehead atoms. The van der Waals surface area contributed by atoms with Crippen LogP contribution in [0.2, 0.25) is 5.02 Å². The van der Waals surface area contributed by atoms with Crippen molar-refractivity contribution in [2.75, 3.05) is 10.8 Å². The Labute approximate surface area is 279 Å². The highest BCUT2D eigenvalue weighted by molar-refractivity contribution is 9.10. The van der Waals surface area contributed by atoms with E-state index < -0.39 is 28.5 Å². The molecule has 0 heterocycles. The van der Waals surface area contributed by atoms with Crippen LogP contribution in [0.25, 0.3) is 0 Å². The first kappa shape index (κ1) is 34.2. The first-order valence-electron chi connectivity index (χ1n) is 14.7. The van der Waals surface area contributed by atoms with E-state index in [0.717, 1.165) is 15.4 Å². The van der Waals surface area contributed by atoms with Gasteiger partial charge in [0.15, 0.2) is 0 Å². The molecule has 0 aliphatic rings. The molecule has 4 aromatic rings. The van der Waals surface area contributed by atoms with E-state index in [9.17, 15) is 18.0 Å². The molecular weight excluding hydrogens is 674 g/mol. The molecular formula is C35H37BrClN3O4S. The highest BCUT2D eigenvalue weighted by Crippen LogP contribution is 2.28. The lowest BCUT2D eigenvalue weighted by atomic mass is 10.0. The zero-order valence-electron chi connectivity index (χ0n) is 25.5. The standard InChI is InChI=1S/C35H37BrClN3O4S/c1-4-26(3)38-35(42)33(21-27-10-6-5-7-11-27)39(23-28-12-8-14-30(37)20-28)34(41)24-40(31-15-9-13-29(36)22-31)45(43,44)32-18-16-25(2)17-19-32/h5-20,22,26,33H,4,21,23-24H2,1-3H3,(H,38,42)/t26-,33+/m1/s1. The van der Waals surface area contributed by atoms with Crippen molar-refractivity contribution in [3.63, 3.8) is 0 Å². The molecule has 0 fully saturated rings. The minimum absolute atomic E-state index is 0.0434. The van der Waals surface area contributed by atoms with E-state index in [1.807, 2.05) is 57.2 Å². The highest BCUT2D eigenvalue weighted by Gasteiger charge is 2.35. The summed E-state index contributed by atoms with van der Waals surface area (Å²) in [6.45, 7) is 5.26. The second kappa shape index (κ2) is 15.6. The smallest absolute Gasteiger partial charge is 0.264 e. The summed E-state index contributed by atoms with van der Waals surface area (Å²) in [5.41, 5.74) is 2.79. The van der Waals surface area contributed by atoms with Gasteiger partial charge in [0.1, 0.15) is 12.6 Å². The second-order valence-electron chi connectivity index (χ2n) is 11.0. The monoisotopic (exact) mass is 709 g/mol. The van der Waals surface area contributed by atoms with Crippen molar-refractivity contribution in [1.82, 2.24) is 10.2 Å². The molecule has 0 aliphatic heterocycles. The number of halogens is 2. The summed E-state index contributed by atoms with van der Waals surface area (Å²) in [6.07, 6.45) is 0.939. The van der Waals surface area contributed by atoms with Crippen molar-refractivity contribution in [3.05, 3.63) is 129 Å². The third kappa shape index (κ3) is 9.19. The molecule has 7 nitrogen and oxygen atoms in total. The van der Waals surface area contributed by atoms with Gasteiger partial charge in [0.05, 0.1) is 10.6 Å². The number of amides is 2. The molecule has 0 radical (unpaired) electrons. The molecule has 4 aromatic carbocycles. The van der Waals surface area contributed by atoms with E-state index >= 15 is 0 Å². The minimum atomic E-state index is -4.18. The van der Waals surface area contributed by atoms with Crippen LogP contribution in [0.1, 0.15) is 37.0 Å². The number of anilines is 1. The molecule has 1 N–H and O–H groups in total. The number of aryl methyl sites for hydroxylation is 1. The number of carbonyl (C=O) groups is 2. The summed E-state index contributed by atoms with van der Waals surface area (Å²) >= 11 is 9.75. The minimum Gasteiger partial charge on any atom is -0.352 e. The Morgan fingerprint density at radius 1 is 0.889 bits per heavy atom. The summed E-state index contributed by atoms with van der Waals surface area (Å²) in [7, 11) is -4.18. The van der Waals surface area contributed by atoms with Crippen LogP contribution < -0.4 is 9.62 Å². The fourth-order valence-electron chi connectivity index (χ4n) is 4.82. The van der Waals surface area contributed by atoms with Gasteiger partial charge >= 0.3 is 0 Å². The van der Waals surface area contributed by atoms with Gasteiger partial charge in [-0.15, -0.1) is 0 Å². The number of sulfonamides is 1. The average Bonchev–Trinajstić information content (AvgIpc) is 3.02. The maximum absolute atomic E-state index is 14.5. The van der Waals surface area contributed by atoms with Gasteiger partial charge in [0.2, 0.25) is 11.8 Å². The summed E-state index contributed by atoms with van der Waals surface area (Å²) in [5.74, 6) is -0.857. The molecule has 0 unspecified atom stereocenters. The van der Waals surface area contributed by atoms with Crippen LogP contribution in [0.4, 0.5) is 5.69 Å². The molecule has 10 heteroatoms. The number of hydrogen-bond donors (Lipinski definition) is 1. The largest absolute Gasteiger partial charge is 0.352 e. The van der Waals surface area contributed by atoms with Gasteiger partial charge in [-0.2, -0.15) is 0 Å². The normalized spacial score (nSPS) is 12.6. The van der Waals surface area contributed by atoms with Gasteiger partial charge in [-0.05, 0) is 73.9 Å². The molecule has 45 heavy (non-hydrogen) atoms. The summed E-state index contributed by atoms with van der Waals surface area (Å²) < 4.78 is 30.0. The predicted molar refractivity (Wildman–Crippen MR) is 184 cm³/mol. The van der Waals surface area contributed by atoms with Crippen molar-refractivity contribution in [2.45, 2.75) is 57.1 Å². The molecule has 4 rings (SSSR count). The van der Waals surface area contributed by atoms with Crippen molar-refractivity contribution >= 4 is 55.1 Å². The van der Waals surface area contributed by atoms with E-state index in [2.05, 4.69) is 21.2 Å². The van der Waals surface area contributed by atoms with Crippen LogP contribution in [0.3, 0.4) is 0 Å². The average molecular weight is 711 g/mol. The summed E-state index contributed by atoms with van der Waals surface area (Å²) in [5, 5.41) is 3.53. The van der Waals surface area contributed by atoms with Crippen LogP contribution in [-0.4, -0.2) is 43.8 Å². The Kier molecular flexibility index (Phi) is 11.8. The first-order chi connectivity index (χ1) is 21.5. The van der Waals surface area contributed by atoms with Gasteiger partial charge in [0.25, 0.3) is 10.0 Å². The van der Waals surface area contributed by atoms with Crippen LogP contribution in [-0.2, 0) is 32.6 Å². The topological polar surface area (TPSA) is 86.8 Å². The molecule has 0 aliphatic carbocycles. The molecule has 236 valence electrons. The third-order valence-electron chi connectivity index (χ3n) is 7.50. The van der Waals surface area contributed by atoms with Crippen LogP contribution >= 0.6 is 27.5 Å². The number of nitrogens with one attached hydrogen (secondary N) is 1. The fraction of sp³-hybridized carbons (Fsp3) is 0.257. The Balaban J connectivity index is 1.81. The van der Waals surface area contributed by atoms with Crippen LogP contribution in [0.15, 0.2) is 112 Å². The van der Waals surface area contributed by atoms with Crippen LogP contribution in [0, 0.1) is 6.92 Å². The zero-order valence-corrected chi connectivity index (χ0v) is 28.6. The lowest BCUT2D eigenvalue weighted by molar-refractivity contribution is -0.140. The second-order valence-corrected chi connectivity index (χ2v) is 14.2. The Hall–Kier alpha value is -3.66. The number of carbonyl (C=O) groups excluding carboxylic acids is 2. The first-order valence-corrected chi connectivity index (χ1v) is 17.3. The fourth-order valence-corrected chi connectivity index (χ4v) is 6.83. The number of nitrogens with zero attached hydrogens (tertiary/aromatic N) is 2. The molecule has 2 atom stereocenters. The SMILES string of the molecule is CC[C@@H](C)NC(=O)[C@H](Cc1ccccc1)N(Cc1cccc(Cl)c1)C(=O)CN(c1cccc(Br)c1)S(=O)(=O)c1ccc(C)cc1. The van der Waals surface area contributed by atoms with E-state index in [4.69, 9.17) is 11.6 Å². The van der Waals surface area contributed by atoms with Crippen molar-refractivity contribution in [3.8, 4) is 0 Å². The third-order valence-corrected chi connectivity index (χ3v) is 10.0. The zero-order chi connectivity index (χ0) is 32.6. The van der Waals surface area contributed by atoms with E-state index in [-0.39, 0.29) is 29.8 Å². The molecule has 0 aromatic heterocycles. The highest BCUT2D eigenvalue weighted by atomic mass is 79.9. The lowest BCUT2D eigenvalue weighted by Gasteiger charge is -2.34. The van der Waals surface area contributed by atoms with Gasteiger partial charge in [0, 0.05) is 28.5 Å². The predicted octanol–water partition coefficient (Wildman–Crippen LogP) is 7.16. The summed E-state index contributed by atoms with van der Waals surface area (Å²) in [4.78, 5) is 29.9. The maximum atomic E-state index is 14.5. The van der Waals surface area contributed by atoms with E-state index in [1.54, 1.807) is 54.6 Å². The van der Waals surface area contributed by atoms with Crippen LogP contribution in [0.5, 0.6) is 0 Å². The van der Waals surface area contributed by atoms with E-state index in [1.165, 1.54) is 17.0 Å². The lowest BCUT2D eigenvalue weighted by Crippen LogP contribution is -2.54. The van der Waals surface area contributed by atoms with Crippen molar-refractivity contribution < 1.29 is 18.0 Å². The Morgan fingerprint density at radius 3 is 2.20 bits per heavy atom. The number of benzene rings is 4. The van der Waals surface area contributed by atoms with Gasteiger partial charge in [-0.1, -0.05) is 101 Å². The van der Waals surface area contributed by atoms with Gasteiger partial charge in [-0.25, -0.2) is 8.42 Å². The molecule has 0 saturated heterocycles. The maximum Gasteiger partial charge on any atom is 0.264 e. The van der Waals surface area contributed by atoms with Gasteiger partial charge in [-0.3, -0.25) is 13.9 Å². The Morgan fingerprint density at radius 2 is 1.56 bits per heavy atom.